The Hall–Kier alpha value is -1.34. The van der Waals surface area contributed by atoms with E-state index in [-0.39, 0.29) is 12.0 Å². The Bertz CT molecular complexity index is 624. The van der Waals surface area contributed by atoms with Gasteiger partial charge in [0.2, 0.25) is 0 Å². The van der Waals surface area contributed by atoms with E-state index in [1.165, 1.54) is 0 Å². The van der Waals surface area contributed by atoms with E-state index in [1.54, 1.807) is 6.92 Å². The van der Waals surface area contributed by atoms with Crippen LogP contribution in [0.2, 0.25) is 0 Å². The first kappa shape index (κ1) is 14.6. The van der Waals surface area contributed by atoms with Crippen LogP contribution in [-0.4, -0.2) is 23.4 Å². The second kappa shape index (κ2) is 5.14. The van der Waals surface area contributed by atoms with Gasteiger partial charge >= 0.3 is 5.97 Å². The van der Waals surface area contributed by atoms with Crippen molar-refractivity contribution in [2.24, 2.45) is 5.92 Å². The number of hydrogen-bond donors (Lipinski definition) is 2. The van der Waals surface area contributed by atoms with Crippen LogP contribution in [0.3, 0.4) is 0 Å². The van der Waals surface area contributed by atoms with Crippen LogP contribution in [0.25, 0.3) is 0 Å². The summed E-state index contributed by atoms with van der Waals surface area (Å²) in [5.41, 5.74) is -0.0242. The smallest absolute Gasteiger partial charge is 0.317 e. The van der Waals surface area contributed by atoms with Gasteiger partial charge in [-0.1, -0.05) is 15.9 Å². The summed E-state index contributed by atoms with van der Waals surface area (Å²) in [4.78, 5) is 12.4. The van der Waals surface area contributed by atoms with E-state index in [0.29, 0.717) is 11.7 Å². The van der Waals surface area contributed by atoms with Crippen molar-refractivity contribution in [2.45, 2.75) is 25.6 Å². The Labute approximate surface area is 136 Å². The van der Waals surface area contributed by atoms with Gasteiger partial charge in [-0.2, -0.15) is 0 Å². The van der Waals surface area contributed by atoms with Crippen LogP contribution in [0.15, 0.2) is 22.7 Å². The molecule has 5 nitrogen and oxygen atoms in total. The summed E-state index contributed by atoms with van der Waals surface area (Å²) in [6.07, 6.45) is 0. The zero-order valence-electron chi connectivity index (χ0n) is 11.6. The minimum absolute atomic E-state index is 0.274. The fraction of sp³-hybridized carbons (Fsp3) is 0.429. The zero-order valence-corrected chi connectivity index (χ0v) is 14.0. The van der Waals surface area contributed by atoms with Crippen molar-refractivity contribution in [1.82, 2.24) is 10.6 Å². The number of esters is 1. The summed E-state index contributed by atoms with van der Waals surface area (Å²) < 4.78 is 12.2. The average Bonchev–Trinajstić information content (AvgIpc) is 2.38. The summed E-state index contributed by atoms with van der Waals surface area (Å²) in [5.74, 6) is -0.0992. The maximum Gasteiger partial charge on any atom is 0.317 e. The molecule has 2 aliphatic rings. The fourth-order valence-electron chi connectivity index (χ4n) is 2.90. The number of ether oxygens (including phenoxy) is 2. The molecule has 1 saturated heterocycles. The lowest BCUT2D eigenvalue weighted by Crippen LogP contribution is -2.70. The normalized spacial score (nSPS) is 29.6. The van der Waals surface area contributed by atoms with Gasteiger partial charge in [0.05, 0.1) is 12.6 Å². The Balaban J connectivity index is 2.10. The monoisotopic (exact) mass is 370 g/mol. The molecule has 0 unspecified atom stereocenters. The number of fused-ring (bicyclic) bond motifs is 4. The molecule has 2 heterocycles. The quantitative estimate of drug-likeness (QED) is 0.615. The predicted molar refractivity (Wildman–Crippen MR) is 84.9 cm³/mol. The molecule has 0 spiro atoms. The summed E-state index contributed by atoms with van der Waals surface area (Å²) in [7, 11) is 0. The van der Waals surface area contributed by atoms with E-state index in [0.717, 1.165) is 15.8 Å². The summed E-state index contributed by atoms with van der Waals surface area (Å²) in [6, 6.07) is 5.45. The van der Waals surface area contributed by atoms with Crippen molar-refractivity contribution in [3.05, 3.63) is 28.2 Å². The van der Waals surface area contributed by atoms with Gasteiger partial charge in [-0.05, 0) is 44.3 Å². The Morgan fingerprint density at radius 2 is 2.33 bits per heavy atom. The number of hydrogen-bond acceptors (Lipinski definition) is 4. The topological polar surface area (TPSA) is 59.6 Å². The molecule has 3 rings (SSSR count). The van der Waals surface area contributed by atoms with E-state index in [4.69, 9.17) is 21.7 Å². The SMILES string of the molecule is CCOC(=O)[C@H]1[C@H]2NC(=S)N[C@]1(C)Oc1ccc(Br)cc12. The number of carbonyl (C=O) groups is 1. The molecule has 0 saturated carbocycles. The van der Waals surface area contributed by atoms with Gasteiger partial charge in [-0.3, -0.25) is 4.79 Å². The first-order valence-corrected chi connectivity index (χ1v) is 7.88. The molecule has 3 atom stereocenters. The highest BCUT2D eigenvalue weighted by Gasteiger charge is 2.55. The molecule has 112 valence electrons. The van der Waals surface area contributed by atoms with E-state index < -0.39 is 11.6 Å². The van der Waals surface area contributed by atoms with E-state index in [2.05, 4.69) is 26.6 Å². The Kier molecular flexibility index (Phi) is 3.57. The molecule has 1 aromatic rings. The number of thiocarbonyl (C=S) groups is 1. The number of halogens is 1. The Morgan fingerprint density at radius 3 is 3.05 bits per heavy atom. The lowest BCUT2D eigenvalue weighted by atomic mass is 9.80. The van der Waals surface area contributed by atoms with E-state index in [1.807, 2.05) is 25.1 Å². The highest BCUT2D eigenvalue weighted by molar-refractivity contribution is 9.10. The zero-order chi connectivity index (χ0) is 15.2. The molecule has 21 heavy (non-hydrogen) atoms. The third kappa shape index (κ3) is 2.38. The van der Waals surface area contributed by atoms with Gasteiger partial charge < -0.3 is 20.1 Å². The highest BCUT2D eigenvalue weighted by atomic mass is 79.9. The molecule has 2 N–H and O–H groups in total. The largest absolute Gasteiger partial charge is 0.467 e. The van der Waals surface area contributed by atoms with Crippen LogP contribution in [0.5, 0.6) is 5.75 Å². The number of benzene rings is 1. The first-order valence-electron chi connectivity index (χ1n) is 6.68. The van der Waals surface area contributed by atoms with Crippen molar-refractivity contribution in [2.75, 3.05) is 6.61 Å². The van der Waals surface area contributed by atoms with Crippen molar-refractivity contribution in [1.29, 1.82) is 0 Å². The molecule has 2 aliphatic heterocycles. The molecule has 1 fully saturated rings. The second-order valence-corrected chi connectivity index (χ2v) is 6.52. The minimum Gasteiger partial charge on any atom is -0.467 e. The second-order valence-electron chi connectivity index (χ2n) is 5.20. The van der Waals surface area contributed by atoms with Crippen LogP contribution in [0, 0.1) is 5.92 Å². The number of carbonyl (C=O) groups excluding carboxylic acids is 1. The average molecular weight is 371 g/mol. The van der Waals surface area contributed by atoms with Crippen LogP contribution >= 0.6 is 28.1 Å². The summed E-state index contributed by atoms with van der Waals surface area (Å²) in [6.45, 7) is 3.93. The molecular weight excluding hydrogens is 356 g/mol. The maximum atomic E-state index is 12.4. The third-order valence-corrected chi connectivity index (χ3v) is 4.46. The standard InChI is InChI=1S/C14H15BrN2O3S/c1-3-19-12(18)10-11-8-6-7(15)4-5-9(8)20-14(10,2)17-13(21)16-11/h4-6,10-11H,3H2,1-2H3,(H2,16,17,21)/t10-,11+,14-/m1/s1. The summed E-state index contributed by atoms with van der Waals surface area (Å²) in [5, 5.41) is 6.69. The van der Waals surface area contributed by atoms with E-state index in [9.17, 15) is 4.79 Å². The van der Waals surface area contributed by atoms with Gasteiger partial charge in [-0.15, -0.1) is 0 Å². The van der Waals surface area contributed by atoms with Gasteiger partial charge in [0.25, 0.3) is 0 Å². The van der Waals surface area contributed by atoms with Crippen molar-refractivity contribution >= 4 is 39.2 Å². The molecule has 2 bridgehead atoms. The highest BCUT2D eigenvalue weighted by Crippen LogP contribution is 2.45. The Morgan fingerprint density at radius 1 is 1.57 bits per heavy atom. The van der Waals surface area contributed by atoms with Crippen LogP contribution in [0.1, 0.15) is 25.5 Å². The molecule has 0 radical (unpaired) electrons. The van der Waals surface area contributed by atoms with Gasteiger partial charge in [0.1, 0.15) is 11.7 Å². The van der Waals surface area contributed by atoms with Gasteiger partial charge in [0.15, 0.2) is 10.8 Å². The number of rotatable bonds is 2. The molecule has 1 aromatic carbocycles. The molecule has 0 aromatic heterocycles. The molecule has 0 aliphatic carbocycles. The van der Waals surface area contributed by atoms with Crippen LogP contribution in [0.4, 0.5) is 0 Å². The van der Waals surface area contributed by atoms with E-state index >= 15 is 0 Å². The van der Waals surface area contributed by atoms with Crippen molar-refractivity contribution in [3.8, 4) is 5.75 Å². The van der Waals surface area contributed by atoms with Crippen molar-refractivity contribution < 1.29 is 14.3 Å². The lowest BCUT2D eigenvalue weighted by molar-refractivity contribution is -0.162. The van der Waals surface area contributed by atoms with Gasteiger partial charge in [0, 0.05) is 10.0 Å². The van der Waals surface area contributed by atoms with Gasteiger partial charge in [-0.25, -0.2) is 0 Å². The lowest BCUT2D eigenvalue weighted by Gasteiger charge is -2.50. The first-order chi connectivity index (χ1) is 9.94. The third-order valence-electron chi connectivity index (χ3n) is 3.74. The fourth-order valence-corrected chi connectivity index (χ4v) is 3.61. The van der Waals surface area contributed by atoms with Crippen LogP contribution in [-0.2, 0) is 9.53 Å². The minimum atomic E-state index is -0.917. The van der Waals surface area contributed by atoms with Crippen LogP contribution < -0.4 is 15.4 Å². The van der Waals surface area contributed by atoms with Crippen molar-refractivity contribution in [3.63, 3.8) is 0 Å². The maximum absolute atomic E-state index is 12.4. The number of nitrogens with one attached hydrogen (secondary N) is 2. The molecule has 7 heteroatoms. The molecular formula is C14H15BrN2O3S. The molecule has 0 amide bonds. The summed E-state index contributed by atoms with van der Waals surface area (Å²) >= 11 is 8.68. The predicted octanol–water partition coefficient (Wildman–Crippen LogP) is 2.26.